The number of carbonyl (C=O) groups excluding carboxylic acids is 2. The quantitative estimate of drug-likeness (QED) is 0.270. The Balaban J connectivity index is 1.15. The molecule has 2 amide bonds. The van der Waals surface area contributed by atoms with Gasteiger partial charge in [-0.15, -0.1) is 0 Å². The number of fused-ring (bicyclic) bond motifs is 2. The topological polar surface area (TPSA) is 85.5 Å². The summed E-state index contributed by atoms with van der Waals surface area (Å²) in [5.41, 5.74) is 4.34. The summed E-state index contributed by atoms with van der Waals surface area (Å²) in [6.07, 6.45) is 10.2. The van der Waals surface area contributed by atoms with E-state index in [-0.39, 0.29) is 17.7 Å². The first-order valence-electron chi connectivity index (χ1n) is 16.3. The molecule has 0 bridgehead atoms. The van der Waals surface area contributed by atoms with Crippen molar-refractivity contribution in [2.45, 2.75) is 51.7 Å². The van der Waals surface area contributed by atoms with Crippen LogP contribution in [0, 0.1) is 29.6 Å². The molecular weight excluding hydrogens is 552 g/mol. The SMILES string of the molecule is C/C=C/C(=O)N1CC(Cn2c(-c3cc4cccnc4n3CC3CC3)nc3cc(C(=O)N4CC5CC6CC4[C@H]65)cc(OC)c32)C1. The fourth-order valence-corrected chi connectivity index (χ4v) is 8.63. The summed E-state index contributed by atoms with van der Waals surface area (Å²) in [7, 11) is 1.68. The van der Waals surface area contributed by atoms with Crippen LogP contribution in [0.3, 0.4) is 0 Å². The molecule has 3 unspecified atom stereocenters. The van der Waals surface area contributed by atoms with Crippen molar-refractivity contribution < 1.29 is 14.3 Å². The largest absolute Gasteiger partial charge is 0.494 e. The van der Waals surface area contributed by atoms with Crippen LogP contribution in [0.2, 0.25) is 0 Å². The first-order chi connectivity index (χ1) is 21.5. The molecule has 0 radical (unpaired) electrons. The minimum Gasteiger partial charge on any atom is -0.494 e. The fourth-order valence-electron chi connectivity index (χ4n) is 8.63. The van der Waals surface area contributed by atoms with Crippen molar-refractivity contribution in [3.63, 3.8) is 0 Å². The summed E-state index contributed by atoms with van der Waals surface area (Å²) in [6.45, 7) is 5.77. The summed E-state index contributed by atoms with van der Waals surface area (Å²) < 4.78 is 10.6. The van der Waals surface area contributed by atoms with Gasteiger partial charge in [-0.3, -0.25) is 9.59 Å². The Morgan fingerprint density at radius 3 is 2.61 bits per heavy atom. The van der Waals surface area contributed by atoms with E-state index >= 15 is 0 Å². The van der Waals surface area contributed by atoms with Gasteiger partial charge in [-0.05, 0) is 92.7 Å². The number of methoxy groups -OCH3 is 1. The molecule has 3 aliphatic carbocycles. The second kappa shape index (κ2) is 9.68. The van der Waals surface area contributed by atoms with Gasteiger partial charge in [0, 0.05) is 61.8 Å². The normalized spacial score (nSPS) is 25.8. The van der Waals surface area contributed by atoms with E-state index in [4.69, 9.17) is 14.7 Å². The van der Waals surface area contributed by atoms with E-state index in [0.717, 1.165) is 64.9 Å². The molecule has 2 aliphatic heterocycles. The molecule has 3 aromatic heterocycles. The highest BCUT2D eigenvalue weighted by molar-refractivity contribution is 6.00. The highest BCUT2D eigenvalue weighted by Gasteiger charge is 2.61. The van der Waals surface area contributed by atoms with Crippen molar-refractivity contribution in [1.29, 1.82) is 0 Å². The van der Waals surface area contributed by atoms with Gasteiger partial charge in [-0.1, -0.05) is 6.08 Å². The number of imidazole rings is 1. The standard InChI is InChI=1S/C35H38N6O3/c1-3-5-30(42)38-15-21(16-38)18-41-32-26(37-34(41)28-12-22-6-4-9-36-33(22)39(28)17-20-7-8-20)11-24(14-29(32)44-2)35(43)40-19-25-10-23-13-27(40)31(23)25/h3-6,9,11-12,14,20-21,23,25,27,31H,7-8,10,13,15-19H2,1-2H3/b5-3+/t23?,25?,27?,31-/m1/s1. The van der Waals surface area contributed by atoms with Crippen LogP contribution in [0.4, 0.5) is 0 Å². The maximum Gasteiger partial charge on any atom is 0.254 e. The second-order valence-electron chi connectivity index (χ2n) is 13.8. The number of rotatable bonds is 8. The first kappa shape index (κ1) is 26.3. The average Bonchev–Trinajstić information content (AvgIpc) is 3.64. The molecule has 5 fully saturated rings. The summed E-state index contributed by atoms with van der Waals surface area (Å²) in [5.74, 6) is 4.88. The lowest BCUT2D eigenvalue weighted by atomic mass is 9.53. The Morgan fingerprint density at radius 2 is 1.86 bits per heavy atom. The summed E-state index contributed by atoms with van der Waals surface area (Å²) in [6, 6.07) is 10.6. The van der Waals surface area contributed by atoms with Gasteiger partial charge in [0.15, 0.2) is 5.82 Å². The van der Waals surface area contributed by atoms with E-state index in [2.05, 4.69) is 26.2 Å². The van der Waals surface area contributed by atoms with Crippen LogP contribution in [0.1, 0.15) is 43.0 Å². The van der Waals surface area contributed by atoms with E-state index in [9.17, 15) is 9.59 Å². The Morgan fingerprint density at radius 1 is 1.02 bits per heavy atom. The number of ether oxygens (including phenoxy) is 1. The lowest BCUT2D eigenvalue weighted by Gasteiger charge is -2.52. The number of likely N-dealkylation sites (tertiary alicyclic amines) is 2. The monoisotopic (exact) mass is 590 g/mol. The molecule has 4 aromatic rings. The molecule has 0 spiro atoms. The van der Waals surface area contributed by atoms with Gasteiger partial charge >= 0.3 is 0 Å². The molecule has 9 heteroatoms. The number of amides is 2. The van der Waals surface area contributed by atoms with Crippen molar-refractivity contribution in [2.24, 2.45) is 29.6 Å². The lowest BCUT2D eigenvalue weighted by Crippen LogP contribution is -2.53. The number of aromatic nitrogens is 4. The number of hydrogen-bond donors (Lipinski definition) is 0. The zero-order valence-electron chi connectivity index (χ0n) is 25.4. The second-order valence-corrected chi connectivity index (χ2v) is 13.8. The lowest BCUT2D eigenvalue weighted by molar-refractivity contribution is -0.132. The average molecular weight is 591 g/mol. The molecule has 3 saturated carbocycles. The maximum absolute atomic E-state index is 13.9. The van der Waals surface area contributed by atoms with E-state index < -0.39 is 0 Å². The summed E-state index contributed by atoms with van der Waals surface area (Å²) in [4.78, 5) is 40.5. The van der Waals surface area contributed by atoms with E-state index in [0.29, 0.717) is 48.8 Å². The van der Waals surface area contributed by atoms with Crippen molar-refractivity contribution >= 4 is 33.9 Å². The summed E-state index contributed by atoms with van der Waals surface area (Å²) in [5, 5.41) is 1.10. The molecular formula is C35H38N6O3. The van der Waals surface area contributed by atoms with Gasteiger partial charge in [0.05, 0.1) is 18.3 Å². The highest BCUT2D eigenvalue weighted by atomic mass is 16.5. The Labute approximate surface area is 256 Å². The molecule has 5 aliphatic rings. The molecule has 9 nitrogen and oxygen atoms in total. The first-order valence-corrected chi connectivity index (χ1v) is 16.3. The van der Waals surface area contributed by atoms with E-state index in [1.54, 1.807) is 19.3 Å². The fraction of sp³-hybridized carbons (Fsp3) is 0.486. The predicted octanol–water partition coefficient (Wildman–Crippen LogP) is 4.99. The van der Waals surface area contributed by atoms with Crippen LogP contribution in [-0.2, 0) is 17.9 Å². The molecule has 226 valence electrons. The third-order valence-corrected chi connectivity index (χ3v) is 11.1. The van der Waals surface area contributed by atoms with Crippen LogP contribution in [-0.4, -0.2) is 73.5 Å². The third-order valence-electron chi connectivity index (χ3n) is 11.1. The minimum absolute atomic E-state index is 0.0592. The number of carbonyl (C=O) groups is 2. The number of nitrogens with zero attached hydrogens (tertiary/aromatic N) is 6. The number of benzene rings is 1. The zero-order valence-corrected chi connectivity index (χ0v) is 25.4. The maximum atomic E-state index is 13.9. The Bertz CT molecular complexity index is 1860. The van der Waals surface area contributed by atoms with Gasteiger partial charge in [0.1, 0.15) is 16.9 Å². The van der Waals surface area contributed by atoms with Crippen LogP contribution < -0.4 is 4.74 Å². The van der Waals surface area contributed by atoms with Crippen LogP contribution in [0.15, 0.2) is 48.7 Å². The van der Waals surface area contributed by atoms with Gasteiger partial charge in [-0.2, -0.15) is 0 Å². The molecule has 0 N–H and O–H groups in total. The molecule has 4 atom stereocenters. The van der Waals surface area contributed by atoms with Crippen LogP contribution in [0.5, 0.6) is 5.75 Å². The van der Waals surface area contributed by atoms with Crippen molar-refractivity contribution in [2.75, 3.05) is 26.7 Å². The van der Waals surface area contributed by atoms with Crippen LogP contribution >= 0.6 is 0 Å². The molecule has 5 heterocycles. The van der Waals surface area contributed by atoms with Gasteiger partial charge in [0.2, 0.25) is 5.91 Å². The van der Waals surface area contributed by atoms with Crippen molar-refractivity contribution in [3.8, 4) is 17.3 Å². The predicted molar refractivity (Wildman–Crippen MR) is 167 cm³/mol. The van der Waals surface area contributed by atoms with Crippen molar-refractivity contribution in [3.05, 3.63) is 54.2 Å². The van der Waals surface area contributed by atoms with Crippen molar-refractivity contribution in [1.82, 2.24) is 28.9 Å². The molecule has 2 saturated heterocycles. The third kappa shape index (κ3) is 3.90. The molecule has 44 heavy (non-hydrogen) atoms. The number of allylic oxidation sites excluding steroid dienone is 1. The molecule has 1 aromatic carbocycles. The van der Waals surface area contributed by atoms with E-state index in [1.165, 1.54) is 19.3 Å². The summed E-state index contributed by atoms with van der Waals surface area (Å²) >= 11 is 0. The smallest absolute Gasteiger partial charge is 0.254 e. The zero-order chi connectivity index (χ0) is 29.7. The van der Waals surface area contributed by atoms with Gasteiger partial charge < -0.3 is 23.7 Å². The van der Waals surface area contributed by atoms with Crippen LogP contribution in [0.25, 0.3) is 33.6 Å². The minimum atomic E-state index is 0.0592. The number of hydrogen-bond acceptors (Lipinski definition) is 5. The van der Waals surface area contributed by atoms with Gasteiger partial charge in [0.25, 0.3) is 5.91 Å². The molecule has 9 rings (SSSR count). The highest BCUT2D eigenvalue weighted by Crippen LogP contribution is 2.60. The Kier molecular flexibility index (Phi) is 5.78. The Hall–Kier alpha value is -4.14. The van der Waals surface area contributed by atoms with Gasteiger partial charge in [-0.25, -0.2) is 9.97 Å². The number of pyridine rings is 1. The van der Waals surface area contributed by atoms with E-state index in [1.807, 2.05) is 36.2 Å².